The summed E-state index contributed by atoms with van der Waals surface area (Å²) in [4.78, 5) is 12.0. The Bertz CT molecular complexity index is 227. The Kier molecular flexibility index (Phi) is 5.26. The van der Waals surface area contributed by atoms with Crippen LogP contribution in [0.5, 0.6) is 0 Å². The fourth-order valence-electron chi connectivity index (χ4n) is 2.90. The highest BCUT2D eigenvalue weighted by Gasteiger charge is 2.49. The van der Waals surface area contributed by atoms with Crippen molar-refractivity contribution in [1.82, 2.24) is 0 Å². The van der Waals surface area contributed by atoms with Crippen LogP contribution in [-0.4, -0.2) is 26.3 Å². The minimum atomic E-state index is -0.362. The number of ether oxygens (including phenoxy) is 2. The van der Waals surface area contributed by atoms with E-state index >= 15 is 0 Å². The van der Waals surface area contributed by atoms with Gasteiger partial charge in [0.15, 0.2) is 0 Å². The van der Waals surface area contributed by atoms with Gasteiger partial charge in [-0.05, 0) is 25.7 Å². The van der Waals surface area contributed by atoms with Gasteiger partial charge in [0.2, 0.25) is 0 Å². The van der Waals surface area contributed by atoms with Crippen molar-refractivity contribution in [3.63, 3.8) is 0 Å². The summed E-state index contributed by atoms with van der Waals surface area (Å²) >= 11 is 0. The second-order valence-electron chi connectivity index (χ2n) is 4.72. The molecular weight excluding hydrogens is 204 g/mol. The highest BCUT2D eigenvalue weighted by molar-refractivity contribution is 5.78. The molecule has 0 aromatic carbocycles. The third kappa shape index (κ3) is 2.57. The van der Waals surface area contributed by atoms with Crippen molar-refractivity contribution in [1.29, 1.82) is 0 Å². The van der Waals surface area contributed by atoms with Crippen LogP contribution in [0.2, 0.25) is 0 Å². The van der Waals surface area contributed by atoms with Crippen molar-refractivity contribution >= 4 is 5.97 Å². The van der Waals surface area contributed by atoms with Crippen LogP contribution in [0.3, 0.4) is 0 Å². The van der Waals surface area contributed by atoms with Crippen LogP contribution in [0.15, 0.2) is 0 Å². The predicted octanol–water partition coefficient (Wildman–Crippen LogP) is 2.93. The van der Waals surface area contributed by atoms with Crippen molar-refractivity contribution in [2.75, 3.05) is 14.2 Å². The molecule has 0 radical (unpaired) electrons. The van der Waals surface area contributed by atoms with Gasteiger partial charge in [0, 0.05) is 7.11 Å². The zero-order chi connectivity index (χ0) is 12.0. The van der Waals surface area contributed by atoms with Gasteiger partial charge in [0.25, 0.3) is 0 Å². The number of carbonyl (C=O) groups is 1. The first-order valence-corrected chi connectivity index (χ1v) is 6.32. The van der Waals surface area contributed by atoms with Crippen LogP contribution in [-0.2, 0) is 14.3 Å². The number of methoxy groups -OCH3 is 2. The Balaban J connectivity index is 2.71. The number of esters is 1. The molecule has 2 atom stereocenters. The first kappa shape index (κ1) is 13.5. The molecule has 0 aliphatic heterocycles. The van der Waals surface area contributed by atoms with Crippen molar-refractivity contribution < 1.29 is 14.3 Å². The van der Waals surface area contributed by atoms with Gasteiger partial charge < -0.3 is 9.47 Å². The van der Waals surface area contributed by atoms with Crippen LogP contribution >= 0.6 is 0 Å². The number of rotatable bonds is 6. The quantitative estimate of drug-likeness (QED) is 0.518. The summed E-state index contributed by atoms with van der Waals surface area (Å²) in [7, 11) is 3.18. The fraction of sp³-hybridized carbons (Fsp3) is 0.923. The van der Waals surface area contributed by atoms with E-state index < -0.39 is 0 Å². The molecule has 1 aliphatic rings. The fourth-order valence-corrected chi connectivity index (χ4v) is 2.90. The molecule has 1 aliphatic carbocycles. The smallest absolute Gasteiger partial charge is 0.314 e. The minimum Gasteiger partial charge on any atom is -0.469 e. The molecule has 94 valence electrons. The van der Waals surface area contributed by atoms with E-state index in [2.05, 4.69) is 6.92 Å². The molecule has 0 saturated heterocycles. The van der Waals surface area contributed by atoms with Crippen LogP contribution in [0, 0.1) is 5.41 Å². The standard InChI is InChI=1S/C13H24O3/c1-4-5-6-9-13(12(14)16-3)10-7-8-11(13)15-2/h11H,4-10H2,1-3H3. The van der Waals surface area contributed by atoms with Gasteiger partial charge in [-0.3, -0.25) is 4.79 Å². The van der Waals surface area contributed by atoms with Crippen molar-refractivity contribution in [3.05, 3.63) is 0 Å². The minimum absolute atomic E-state index is 0.0526. The first-order valence-electron chi connectivity index (χ1n) is 6.32. The zero-order valence-corrected chi connectivity index (χ0v) is 10.8. The third-order valence-electron chi connectivity index (χ3n) is 3.81. The molecule has 0 N–H and O–H groups in total. The van der Waals surface area contributed by atoms with Gasteiger partial charge in [-0.1, -0.05) is 26.2 Å². The molecular formula is C13H24O3. The molecule has 1 saturated carbocycles. The Morgan fingerprint density at radius 3 is 2.69 bits per heavy atom. The molecule has 0 amide bonds. The molecule has 0 spiro atoms. The predicted molar refractivity (Wildman–Crippen MR) is 63.2 cm³/mol. The van der Waals surface area contributed by atoms with Gasteiger partial charge in [-0.25, -0.2) is 0 Å². The van der Waals surface area contributed by atoms with Crippen LogP contribution < -0.4 is 0 Å². The van der Waals surface area contributed by atoms with Crippen molar-refractivity contribution in [2.45, 2.75) is 58.0 Å². The van der Waals surface area contributed by atoms with Crippen LogP contribution in [0.1, 0.15) is 51.9 Å². The van der Waals surface area contributed by atoms with E-state index in [9.17, 15) is 4.79 Å². The van der Waals surface area contributed by atoms with Gasteiger partial charge >= 0.3 is 5.97 Å². The summed E-state index contributed by atoms with van der Waals surface area (Å²) in [5.41, 5.74) is -0.362. The molecule has 0 aromatic heterocycles. The zero-order valence-electron chi connectivity index (χ0n) is 10.8. The van der Waals surface area contributed by atoms with Gasteiger partial charge in [0.1, 0.15) is 0 Å². The second-order valence-corrected chi connectivity index (χ2v) is 4.72. The lowest BCUT2D eigenvalue weighted by molar-refractivity contribution is -0.160. The highest BCUT2D eigenvalue weighted by Crippen LogP contribution is 2.45. The molecule has 1 rings (SSSR count). The number of carbonyl (C=O) groups excluding carboxylic acids is 1. The summed E-state index contributed by atoms with van der Waals surface area (Å²) in [6.45, 7) is 2.17. The maximum absolute atomic E-state index is 12.0. The average Bonchev–Trinajstić information content (AvgIpc) is 2.72. The summed E-state index contributed by atoms with van der Waals surface area (Å²) in [5.74, 6) is -0.0760. The topological polar surface area (TPSA) is 35.5 Å². The van der Waals surface area contributed by atoms with Crippen LogP contribution in [0.4, 0.5) is 0 Å². The summed E-state index contributed by atoms with van der Waals surface area (Å²) in [5, 5.41) is 0. The monoisotopic (exact) mass is 228 g/mol. The molecule has 16 heavy (non-hydrogen) atoms. The van der Waals surface area contributed by atoms with Gasteiger partial charge in [0.05, 0.1) is 18.6 Å². The van der Waals surface area contributed by atoms with Gasteiger partial charge in [-0.15, -0.1) is 0 Å². The first-order chi connectivity index (χ1) is 7.71. The lowest BCUT2D eigenvalue weighted by Crippen LogP contribution is -2.40. The summed E-state index contributed by atoms with van der Waals surface area (Å²) < 4.78 is 10.5. The van der Waals surface area contributed by atoms with E-state index in [0.29, 0.717) is 0 Å². The van der Waals surface area contributed by atoms with Crippen molar-refractivity contribution in [3.8, 4) is 0 Å². The van der Waals surface area contributed by atoms with Crippen molar-refractivity contribution in [2.24, 2.45) is 5.41 Å². The van der Waals surface area contributed by atoms with Gasteiger partial charge in [-0.2, -0.15) is 0 Å². The number of hydrogen-bond donors (Lipinski definition) is 0. The van der Waals surface area contributed by atoms with E-state index in [1.807, 2.05) is 0 Å². The summed E-state index contributed by atoms with van der Waals surface area (Å²) in [6.07, 6.45) is 7.37. The Morgan fingerprint density at radius 2 is 2.12 bits per heavy atom. The Hall–Kier alpha value is -0.570. The maximum atomic E-state index is 12.0. The molecule has 1 fully saturated rings. The van der Waals surface area contributed by atoms with E-state index in [1.165, 1.54) is 20.0 Å². The largest absolute Gasteiger partial charge is 0.469 e. The molecule has 0 aromatic rings. The number of hydrogen-bond acceptors (Lipinski definition) is 3. The lowest BCUT2D eigenvalue weighted by Gasteiger charge is -2.31. The van der Waals surface area contributed by atoms with E-state index in [4.69, 9.17) is 9.47 Å². The Labute approximate surface area is 98.5 Å². The highest BCUT2D eigenvalue weighted by atomic mass is 16.5. The molecule has 3 heteroatoms. The molecule has 0 heterocycles. The number of unbranched alkanes of at least 4 members (excludes halogenated alkanes) is 2. The van der Waals surface area contributed by atoms with E-state index in [0.717, 1.165) is 32.1 Å². The summed E-state index contributed by atoms with van der Waals surface area (Å²) in [6, 6.07) is 0. The van der Waals surface area contributed by atoms with Crippen LogP contribution in [0.25, 0.3) is 0 Å². The van der Waals surface area contributed by atoms with E-state index in [-0.39, 0.29) is 17.5 Å². The Morgan fingerprint density at radius 1 is 1.38 bits per heavy atom. The molecule has 0 bridgehead atoms. The lowest BCUT2D eigenvalue weighted by atomic mass is 9.79. The second kappa shape index (κ2) is 6.24. The average molecular weight is 228 g/mol. The SMILES string of the molecule is CCCCCC1(C(=O)OC)CCCC1OC. The molecule has 2 unspecified atom stereocenters. The normalized spacial score (nSPS) is 29.3. The molecule has 3 nitrogen and oxygen atoms in total. The maximum Gasteiger partial charge on any atom is 0.314 e. The van der Waals surface area contributed by atoms with E-state index in [1.54, 1.807) is 7.11 Å². The third-order valence-corrected chi connectivity index (χ3v) is 3.81.